The van der Waals surface area contributed by atoms with Crippen LogP contribution >= 0.6 is 28.1 Å². The summed E-state index contributed by atoms with van der Waals surface area (Å²) in [5.41, 5.74) is 2.93. The summed E-state index contributed by atoms with van der Waals surface area (Å²) < 4.78 is 7.63. The van der Waals surface area contributed by atoms with E-state index in [-0.39, 0.29) is 0 Å². The maximum Gasteiger partial charge on any atom is 0.337 e. The predicted octanol–water partition coefficient (Wildman–Crippen LogP) is 3.07. The zero-order chi connectivity index (χ0) is 18.1. The number of thiocarbonyl (C=S) groups is 1. The second-order valence-electron chi connectivity index (χ2n) is 5.64. The average molecular weight is 421 g/mol. The van der Waals surface area contributed by atoms with Crippen LogP contribution in [0.3, 0.4) is 0 Å². The smallest absolute Gasteiger partial charge is 0.337 e. The van der Waals surface area contributed by atoms with Crippen LogP contribution in [0.5, 0.6) is 0 Å². The second-order valence-corrected chi connectivity index (χ2v) is 6.94. The van der Waals surface area contributed by atoms with Crippen LogP contribution in [0.15, 0.2) is 52.4 Å². The van der Waals surface area contributed by atoms with Crippen LogP contribution in [0.4, 0.5) is 5.69 Å². The summed E-state index contributed by atoms with van der Waals surface area (Å²) in [6, 6.07) is 7.32. The molecule has 3 rings (SSSR count). The Bertz CT molecular complexity index is 877. The molecule has 0 fully saturated rings. The summed E-state index contributed by atoms with van der Waals surface area (Å²) in [5, 5.41) is 7.94. The van der Waals surface area contributed by atoms with Crippen LogP contribution in [-0.2, 0) is 16.6 Å². The monoisotopic (exact) mass is 420 g/mol. The zero-order valence-corrected chi connectivity index (χ0v) is 16.4. The molecule has 1 atom stereocenters. The number of nitrogens with zero attached hydrogens (tertiary/aromatic N) is 3. The van der Waals surface area contributed by atoms with Crippen molar-refractivity contribution < 1.29 is 9.53 Å². The lowest BCUT2D eigenvalue weighted by molar-refractivity contribution is -0.136. The highest BCUT2D eigenvalue weighted by Gasteiger charge is 2.35. The molecule has 1 unspecified atom stereocenters. The highest BCUT2D eigenvalue weighted by Crippen LogP contribution is 2.34. The van der Waals surface area contributed by atoms with Crippen molar-refractivity contribution in [3.05, 3.63) is 58.0 Å². The fraction of sp³-hybridized carbons (Fsp3) is 0.235. The number of rotatable bonds is 3. The molecule has 0 amide bonds. The standard InChI is InChI=1S/C17H17BrN4O2S/c1-10-14(16(23)24-3)15(11-8-19-21(2)9-11)20-17(25)22(10)13-6-4-5-12(18)7-13/h4-9,15H,1-3H3,(H,20,25). The molecule has 0 radical (unpaired) electrons. The van der Waals surface area contributed by atoms with Crippen LogP contribution in [0.25, 0.3) is 0 Å². The second kappa shape index (κ2) is 6.97. The van der Waals surface area contributed by atoms with Crippen molar-refractivity contribution in [1.29, 1.82) is 0 Å². The Labute approximate surface area is 159 Å². The van der Waals surface area contributed by atoms with Gasteiger partial charge in [0.1, 0.15) is 0 Å². The topological polar surface area (TPSA) is 59.4 Å². The van der Waals surface area contributed by atoms with Gasteiger partial charge < -0.3 is 10.1 Å². The third kappa shape index (κ3) is 3.32. The summed E-state index contributed by atoms with van der Waals surface area (Å²) in [4.78, 5) is 14.3. The van der Waals surface area contributed by atoms with Crippen LogP contribution in [-0.4, -0.2) is 28.0 Å². The lowest BCUT2D eigenvalue weighted by atomic mass is 9.97. The number of aromatic nitrogens is 2. The first kappa shape index (κ1) is 17.6. The largest absolute Gasteiger partial charge is 0.466 e. The number of ether oxygens (including phenoxy) is 1. The first-order chi connectivity index (χ1) is 11.9. The van der Waals surface area contributed by atoms with Crippen molar-refractivity contribution in [2.45, 2.75) is 13.0 Å². The van der Waals surface area contributed by atoms with Crippen molar-refractivity contribution in [1.82, 2.24) is 15.1 Å². The predicted molar refractivity (Wildman–Crippen MR) is 103 cm³/mol. The molecule has 0 saturated carbocycles. The van der Waals surface area contributed by atoms with E-state index < -0.39 is 12.0 Å². The molecule has 6 nitrogen and oxygen atoms in total. The molecule has 0 aliphatic carbocycles. The van der Waals surface area contributed by atoms with E-state index in [0.29, 0.717) is 10.7 Å². The number of carbonyl (C=O) groups excluding carboxylic acids is 1. The van der Waals surface area contributed by atoms with Gasteiger partial charge in [0.25, 0.3) is 0 Å². The summed E-state index contributed by atoms with van der Waals surface area (Å²) in [7, 11) is 3.20. The van der Waals surface area contributed by atoms with Gasteiger partial charge in [0.05, 0.1) is 24.9 Å². The summed E-state index contributed by atoms with van der Waals surface area (Å²) >= 11 is 9.04. The minimum absolute atomic E-state index is 0.402. The van der Waals surface area contributed by atoms with E-state index in [2.05, 4.69) is 26.3 Å². The highest BCUT2D eigenvalue weighted by atomic mass is 79.9. The Morgan fingerprint density at radius 3 is 2.80 bits per heavy atom. The van der Waals surface area contributed by atoms with Crippen LogP contribution in [0.2, 0.25) is 0 Å². The lowest BCUT2D eigenvalue weighted by Crippen LogP contribution is -2.48. The van der Waals surface area contributed by atoms with Crippen molar-refractivity contribution >= 4 is 44.9 Å². The van der Waals surface area contributed by atoms with Crippen LogP contribution in [0.1, 0.15) is 18.5 Å². The van der Waals surface area contributed by atoms with Gasteiger partial charge in [-0.05, 0) is 37.3 Å². The number of halogens is 1. The van der Waals surface area contributed by atoms with E-state index in [0.717, 1.165) is 21.4 Å². The molecular weight excluding hydrogens is 404 g/mol. The van der Waals surface area contributed by atoms with E-state index in [9.17, 15) is 4.79 Å². The van der Waals surface area contributed by atoms with Crippen molar-refractivity contribution in [3.63, 3.8) is 0 Å². The number of hydrogen-bond donors (Lipinski definition) is 1. The molecule has 1 N–H and O–H groups in total. The molecule has 8 heteroatoms. The first-order valence-corrected chi connectivity index (χ1v) is 8.76. The fourth-order valence-corrected chi connectivity index (χ4v) is 3.63. The molecule has 2 heterocycles. The Hall–Kier alpha value is -2.19. The third-order valence-electron chi connectivity index (χ3n) is 4.01. The van der Waals surface area contributed by atoms with Gasteiger partial charge in [-0.1, -0.05) is 22.0 Å². The average Bonchev–Trinajstić information content (AvgIpc) is 3.00. The SMILES string of the molecule is COC(=O)C1=C(C)N(c2cccc(Br)c2)C(=S)NC1c1cnn(C)c1. The normalized spacial score (nSPS) is 17.5. The van der Waals surface area contributed by atoms with Crippen LogP contribution < -0.4 is 10.2 Å². The molecule has 0 saturated heterocycles. The third-order valence-corrected chi connectivity index (χ3v) is 4.81. The van der Waals surface area contributed by atoms with E-state index in [1.165, 1.54) is 7.11 Å². The van der Waals surface area contributed by atoms with E-state index in [1.54, 1.807) is 10.9 Å². The molecule has 25 heavy (non-hydrogen) atoms. The summed E-state index contributed by atoms with van der Waals surface area (Å²) in [5.74, 6) is -0.402. The zero-order valence-electron chi connectivity index (χ0n) is 14.0. The van der Waals surface area contributed by atoms with Gasteiger partial charge in [-0.3, -0.25) is 9.58 Å². The maximum atomic E-state index is 12.5. The number of nitrogens with one attached hydrogen (secondary N) is 1. The summed E-state index contributed by atoms with van der Waals surface area (Å²) in [6.45, 7) is 1.86. The van der Waals surface area contributed by atoms with E-state index in [1.807, 2.05) is 49.3 Å². The Balaban J connectivity index is 2.14. The molecule has 1 aromatic heterocycles. The molecule has 0 bridgehead atoms. The van der Waals surface area contributed by atoms with Gasteiger partial charge in [-0.2, -0.15) is 5.10 Å². The quantitative estimate of drug-likeness (QED) is 0.608. The van der Waals surface area contributed by atoms with Crippen molar-refractivity contribution in [2.24, 2.45) is 7.05 Å². The Kier molecular flexibility index (Phi) is 4.91. The highest BCUT2D eigenvalue weighted by molar-refractivity contribution is 9.10. The van der Waals surface area contributed by atoms with Gasteiger partial charge in [0, 0.05) is 34.7 Å². The van der Waals surface area contributed by atoms with E-state index >= 15 is 0 Å². The number of anilines is 1. The molecule has 1 aromatic carbocycles. The molecule has 2 aromatic rings. The molecule has 0 spiro atoms. The number of esters is 1. The number of benzene rings is 1. The summed E-state index contributed by atoms with van der Waals surface area (Å²) in [6.07, 6.45) is 3.57. The van der Waals surface area contributed by atoms with Crippen molar-refractivity contribution in [3.8, 4) is 0 Å². The van der Waals surface area contributed by atoms with Gasteiger partial charge in [-0.25, -0.2) is 4.79 Å². The number of hydrogen-bond acceptors (Lipinski definition) is 4. The minimum Gasteiger partial charge on any atom is -0.466 e. The lowest BCUT2D eigenvalue weighted by Gasteiger charge is -2.37. The first-order valence-electron chi connectivity index (χ1n) is 7.56. The molecular formula is C17H17BrN4O2S. The number of allylic oxidation sites excluding steroid dienone is 1. The molecule has 1 aliphatic rings. The van der Waals surface area contributed by atoms with E-state index in [4.69, 9.17) is 17.0 Å². The van der Waals surface area contributed by atoms with Crippen molar-refractivity contribution in [2.75, 3.05) is 12.0 Å². The number of carbonyl (C=O) groups is 1. The Morgan fingerprint density at radius 2 is 2.20 bits per heavy atom. The molecule has 1 aliphatic heterocycles. The maximum absolute atomic E-state index is 12.5. The van der Waals surface area contributed by atoms with Gasteiger partial charge in [0.15, 0.2) is 5.11 Å². The number of methoxy groups -OCH3 is 1. The fourth-order valence-electron chi connectivity index (χ4n) is 2.88. The minimum atomic E-state index is -0.406. The van der Waals surface area contributed by atoms with Gasteiger partial charge >= 0.3 is 5.97 Å². The molecule has 130 valence electrons. The number of aryl methyl sites for hydroxylation is 1. The van der Waals surface area contributed by atoms with Gasteiger partial charge in [-0.15, -0.1) is 0 Å². The van der Waals surface area contributed by atoms with Crippen LogP contribution in [0, 0.1) is 0 Å². The van der Waals surface area contributed by atoms with Gasteiger partial charge in [0.2, 0.25) is 0 Å². The Morgan fingerprint density at radius 1 is 1.44 bits per heavy atom.